The number of aromatic carboxylic acids is 1. The van der Waals surface area contributed by atoms with Gasteiger partial charge in [0.15, 0.2) is 0 Å². The zero-order chi connectivity index (χ0) is 13.1. The second-order valence-corrected chi connectivity index (χ2v) is 3.86. The van der Waals surface area contributed by atoms with Crippen LogP contribution in [0.15, 0.2) is 28.7 Å². The number of hydrogen-bond acceptors (Lipinski definition) is 4. The third-order valence-electron chi connectivity index (χ3n) is 2.42. The minimum atomic E-state index is -1.10. The van der Waals surface area contributed by atoms with Gasteiger partial charge in [0.25, 0.3) is 0 Å². The molecular weight excluding hydrogens is 236 g/mol. The van der Waals surface area contributed by atoms with E-state index in [1.54, 1.807) is 18.2 Å². The monoisotopic (exact) mass is 248 g/mol. The predicted octanol–water partition coefficient (Wildman–Crippen LogP) is 0.706. The van der Waals surface area contributed by atoms with Gasteiger partial charge in [-0.25, -0.2) is 4.79 Å². The Kier molecular flexibility index (Phi) is 3.29. The van der Waals surface area contributed by atoms with E-state index >= 15 is 0 Å². The summed E-state index contributed by atoms with van der Waals surface area (Å²) in [6, 6.07) is 6.77. The fraction of sp³-hybridized carbons (Fsp3) is 0.167. The molecule has 0 spiro atoms. The summed E-state index contributed by atoms with van der Waals surface area (Å²) in [5.41, 5.74) is 6.44. The quantitative estimate of drug-likeness (QED) is 0.722. The number of rotatable bonds is 5. The van der Waals surface area contributed by atoms with Crippen molar-refractivity contribution in [1.29, 1.82) is 0 Å². The van der Waals surface area contributed by atoms with Gasteiger partial charge in [0.05, 0.1) is 6.54 Å². The number of carboxylic acids is 1. The lowest BCUT2D eigenvalue weighted by molar-refractivity contribution is -0.117. The van der Waals surface area contributed by atoms with Crippen LogP contribution in [0.3, 0.4) is 0 Å². The maximum Gasteiger partial charge on any atom is 0.371 e. The van der Waals surface area contributed by atoms with Crippen LogP contribution in [0.4, 0.5) is 0 Å². The van der Waals surface area contributed by atoms with Gasteiger partial charge >= 0.3 is 5.97 Å². The number of carbonyl (C=O) groups is 2. The molecule has 1 amide bonds. The van der Waals surface area contributed by atoms with E-state index in [2.05, 4.69) is 5.32 Å². The van der Waals surface area contributed by atoms with Gasteiger partial charge < -0.3 is 20.6 Å². The largest absolute Gasteiger partial charge is 0.475 e. The van der Waals surface area contributed by atoms with Crippen LogP contribution in [0.5, 0.6) is 0 Å². The van der Waals surface area contributed by atoms with E-state index in [4.69, 9.17) is 15.3 Å². The van der Waals surface area contributed by atoms with Crippen LogP contribution in [-0.2, 0) is 11.3 Å². The Hall–Kier alpha value is -2.34. The molecule has 1 heterocycles. The van der Waals surface area contributed by atoms with Crippen LogP contribution in [0.1, 0.15) is 16.1 Å². The fourth-order valence-corrected chi connectivity index (χ4v) is 1.64. The van der Waals surface area contributed by atoms with Gasteiger partial charge in [-0.1, -0.05) is 6.07 Å². The Labute approximate surface area is 102 Å². The Morgan fingerprint density at radius 3 is 2.78 bits per heavy atom. The van der Waals surface area contributed by atoms with Crippen molar-refractivity contribution in [3.8, 4) is 0 Å². The number of hydrogen-bond donors (Lipinski definition) is 3. The van der Waals surface area contributed by atoms with Gasteiger partial charge in [-0.15, -0.1) is 0 Å². The highest BCUT2D eigenvalue weighted by atomic mass is 16.4. The Morgan fingerprint density at radius 2 is 2.11 bits per heavy atom. The second kappa shape index (κ2) is 4.89. The minimum Gasteiger partial charge on any atom is -0.475 e. The van der Waals surface area contributed by atoms with E-state index < -0.39 is 11.9 Å². The first-order chi connectivity index (χ1) is 8.56. The molecule has 6 heteroatoms. The summed E-state index contributed by atoms with van der Waals surface area (Å²) >= 11 is 0. The molecule has 4 N–H and O–H groups in total. The van der Waals surface area contributed by atoms with E-state index in [0.29, 0.717) is 17.5 Å². The number of fused-ring (bicyclic) bond motifs is 1. The maximum absolute atomic E-state index is 10.7. The summed E-state index contributed by atoms with van der Waals surface area (Å²) in [4.78, 5) is 21.3. The lowest BCUT2D eigenvalue weighted by Crippen LogP contribution is -2.28. The smallest absolute Gasteiger partial charge is 0.371 e. The topological polar surface area (TPSA) is 106 Å². The van der Waals surface area contributed by atoms with Gasteiger partial charge in [-0.2, -0.15) is 0 Å². The van der Waals surface area contributed by atoms with E-state index in [9.17, 15) is 9.59 Å². The second-order valence-electron chi connectivity index (χ2n) is 3.86. The van der Waals surface area contributed by atoms with Crippen LogP contribution < -0.4 is 11.1 Å². The number of primary amides is 1. The van der Waals surface area contributed by atoms with Gasteiger partial charge in [-0.05, 0) is 23.8 Å². The van der Waals surface area contributed by atoms with Gasteiger partial charge in [0, 0.05) is 11.9 Å². The zero-order valence-corrected chi connectivity index (χ0v) is 9.47. The molecule has 0 aliphatic heterocycles. The van der Waals surface area contributed by atoms with Crippen molar-refractivity contribution in [1.82, 2.24) is 5.32 Å². The van der Waals surface area contributed by atoms with Crippen molar-refractivity contribution in [3.63, 3.8) is 0 Å². The van der Waals surface area contributed by atoms with E-state index in [1.165, 1.54) is 6.07 Å². The van der Waals surface area contributed by atoms with E-state index in [-0.39, 0.29) is 12.3 Å². The third kappa shape index (κ3) is 2.67. The first-order valence-electron chi connectivity index (χ1n) is 5.31. The van der Waals surface area contributed by atoms with Crippen LogP contribution in [0.25, 0.3) is 11.0 Å². The molecule has 1 aromatic carbocycles. The lowest BCUT2D eigenvalue weighted by atomic mass is 10.1. The van der Waals surface area contributed by atoms with Crippen molar-refractivity contribution in [2.75, 3.05) is 6.54 Å². The summed E-state index contributed by atoms with van der Waals surface area (Å²) in [7, 11) is 0. The molecule has 1 aromatic heterocycles. The molecular formula is C12H12N2O4. The molecule has 0 fully saturated rings. The van der Waals surface area contributed by atoms with Crippen molar-refractivity contribution in [3.05, 3.63) is 35.6 Å². The van der Waals surface area contributed by atoms with Crippen LogP contribution in [-0.4, -0.2) is 23.5 Å². The molecule has 6 nitrogen and oxygen atoms in total. The average molecular weight is 248 g/mol. The number of benzene rings is 1. The highest BCUT2D eigenvalue weighted by molar-refractivity contribution is 5.91. The summed E-state index contributed by atoms with van der Waals surface area (Å²) in [5.74, 6) is -1.61. The van der Waals surface area contributed by atoms with Crippen LogP contribution >= 0.6 is 0 Å². The fourth-order valence-electron chi connectivity index (χ4n) is 1.64. The molecule has 18 heavy (non-hydrogen) atoms. The highest BCUT2D eigenvalue weighted by Crippen LogP contribution is 2.20. The number of nitrogens with one attached hydrogen (secondary N) is 1. The Balaban J connectivity index is 2.16. The minimum absolute atomic E-state index is 0.0905. The van der Waals surface area contributed by atoms with Crippen molar-refractivity contribution in [2.24, 2.45) is 5.73 Å². The van der Waals surface area contributed by atoms with Gasteiger partial charge in [0.1, 0.15) is 5.58 Å². The molecule has 2 aromatic rings. The number of amides is 1. The van der Waals surface area contributed by atoms with Crippen molar-refractivity contribution >= 4 is 22.8 Å². The Morgan fingerprint density at radius 1 is 1.33 bits per heavy atom. The number of furan rings is 1. The number of nitrogens with two attached hydrogens (primary N) is 1. The molecule has 0 saturated carbocycles. The normalized spacial score (nSPS) is 10.7. The number of carbonyl (C=O) groups excluding carboxylic acids is 1. The molecule has 2 rings (SSSR count). The van der Waals surface area contributed by atoms with Gasteiger partial charge in [0.2, 0.25) is 11.7 Å². The summed E-state index contributed by atoms with van der Waals surface area (Å²) in [5, 5.41) is 12.4. The first kappa shape index (κ1) is 12.1. The van der Waals surface area contributed by atoms with Gasteiger partial charge in [-0.3, -0.25) is 4.79 Å². The van der Waals surface area contributed by atoms with Crippen LogP contribution in [0, 0.1) is 0 Å². The molecule has 0 unspecified atom stereocenters. The van der Waals surface area contributed by atoms with Crippen LogP contribution in [0.2, 0.25) is 0 Å². The van der Waals surface area contributed by atoms with E-state index in [0.717, 1.165) is 5.56 Å². The number of carboxylic acid groups (broad SMARTS) is 1. The molecule has 0 saturated heterocycles. The molecule has 0 radical (unpaired) electrons. The average Bonchev–Trinajstić information content (AvgIpc) is 2.71. The maximum atomic E-state index is 10.7. The lowest BCUT2D eigenvalue weighted by Gasteiger charge is -2.02. The van der Waals surface area contributed by atoms with Crippen molar-refractivity contribution in [2.45, 2.75) is 6.54 Å². The summed E-state index contributed by atoms with van der Waals surface area (Å²) < 4.78 is 5.13. The summed E-state index contributed by atoms with van der Waals surface area (Å²) in [6.07, 6.45) is 0. The van der Waals surface area contributed by atoms with Crippen molar-refractivity contribution < 1.29 is 19.1 Å². The molecule has 0 aliphatic rings. The summed E-state index contributed by atoms with van der Waals surface area (Å²) in [6.45, 7) is 0.580. The predicted molar refractivity (Wildman–Crippen MR) is 64.1 cm³/mol. The molecule has 0 atom stereocenters. The Bertz CT molecular complexity index is 603. The molecule has 0 bridgehead atoms. The van der Waals surface area contributed by atoms with E-state index in [1.807, 2.05) is 0 Å². The molecule has 0 aliphatic carbocycles. The third-order valence-corrected chi connectivity index (χ3v) is 2.42. The highest BCUT2D eigenvalue weighted by Gasteiger charge is 2.10. The standard InChI is InChI=1S/C12H12N2O4/c13-11(15)6-14-5-7-1-2-9-8(3-7)4-10(18-9)12(16)17/h1-4,14H,5-6H2,(H2,13,15)(H,16,17). The first-order valence-corrected chi connectivity index (χ1v) is 5.31. The zero-order valence-electron chi connectivity index (χ0n) is 9.47. The molecule has 94 valence electrons. The SMILES string of the molecule is NC(=O)CNCc1ccc2oc(C(=O)O)cc2c1.